The van der Waals surface area contributed by atoms with Crippen LogP contribution in [-0.4, -0.2) is 4.98 Å². The van der Waals surface area contributed by atoms with Crippen LogP contribution in [0.1, 0.15) is 33.5 Å². The van der Waals surface area contributed by atoms with Crippen LogP contribution >= 0.6 is 0 Å². The predicted molar refractivity (Wildman–Crippen MR) is 104 cm³/mol. The predicted octanol–water partition coefficient (Wildman–Crippen LogP) is 5.17. The average Bonchev–Trinajstić information content (AvgIpc) is 2.72. The monoisotopic (exact) mass is 333 g/mol. The Labute approximate surface area is 152 Å². The molecular formula is C23H15N3. The van der Waals surface area contributed by atoms with E-state index >= 15 is 0 Å². The van der Waals surface area contributed by atoms with E-state index < -0.39 is 0 Å². The number of rotatable bonds is 4. The van der Waals surface area contributed by atoms with Crippen molar-refractivity contribution in [3.05, 3.63) is 100 Å². The summed E-state index contributed by atoms with van der Waals surface area (Å²) in [6, 6.07) is 23.0. The lowest BCUT2D eigenvalue weighted by atomic mass is 10.1. The lowest BCUT2D eigenvalue weighted by molar-refractivity contribution is 1.29. The molecule has 0 saturated carbocycles. The first-order valence-electron chi connectivity index (χ1n) is 8.09. The SMILES string of the molecule is N#Cc1ccc(C=Cc2ccnc(C=Cc3ccc(C#N)cc3)c2)cc1. The highest BCUT2D eigenvalue weighted by Gasteiger charge is 1.94. The molecule has 0 N–H and O–H groups in total. The second-order valence-electron chi connectivity index (χ2n) is 5.65. The average molecular weight is 333 g/mol. The molecule has 0 saturated heterocycles. The van der Waals surface area contributed by atoms with Gasteiger partial charge in [0.15, 0.2) is 0 Å². The van der Waals surface area contributed by atoms with Gasteiger partial charge in [0.05, 0.1) is 29.0 Å². The Morgan fingerprint density at radius 2 is 1.12 bits per heavy atom. The molecule has 0 spiro atoms. The van der Waals surface area contributed by atoms with E-state index in [2.05, 4.69) is 17.1 Å². The molecule has 0 aliphatic heterocycles. The maximum absolute atomic E-state index is 8.83. The molecule has 3 aromatic rings. The summed E-state index contributed by atoms with van der Waals surface area (Å²) in [5.74, 6) is 0. The van der Waals surface area contributed by atoms with Crippen LogP contribution in [0.2, 0.25) is 0 Å². The van der Waals surface area contributed by atoms with Crippen LogP contribution in [0.15, 0.2) is 66.9 Å². The zero-order valence-electron chi connectivity index (χ0n) is 14.0. The molecule has 0 radical (unpaired) electrons. The summed E-state index contributed by atoms with van der Waals surface area (Å²) < 4.78 is 0. The van der Waals surface area contributed by atoms with Crippen molar-refractivity contribution in [3.8, 4) is 12.1 Å². The first-order valence-corrected chi connectivity index (χ1v) is 8.09. The molecule has 2 aromatic carbocycles. The number of pyridine rings is 1. The van der Waals surface area contributed by atoms with Crippen molar-refractivity contribution in [2.75, 3.05) is 0 Å². The van der Waals surface area contributed by atoms with E-state index in [0.717, 1.165) is 22.4 Å². The Kier molecular flexibility index (Phi) is 5.35. The minimum absolute atomic E-state index is 0.648. The zero-order valence-corrected chi connectivity index (χ0v) is 14.0. The minimum Gasteiger partial charge on any atom is -0.257 e. The zero-order chi connectivity index (χ0) is 18.2. The maximum atomic E-state index is 8.83. The van der Waals surface area contributed by atoms with Crippen LogP contribution in [0.5, 0.6) is 0 Å². The van der Waals surface area contributed by atoms with Gasteiger partial charge in [0.25, 0.3) is 0 Å². The number of hydrogen-bond donors (Lipinski definition) is 0. The molecule has 0 aliphatic rings. The molecule has 0 fully saturated rings. The van der Waals surface area contributed by atoms with Gasteiger partial charge in [0.1, 0.15) is 0 Å². The first kappa shape index (κ1) is 16.9. The fraction of sp³-hybridized carbons (Fsp3) is 0. The van der Waals surface area contributed by atoms with E-state index in [1.54, 1.807) is 30.5 Å². The summed E-state index contributed by atoms with van der Waals surface area (Å²) >= 11 is 0. The fourth-order valence-electron chi connectivity index (χ4n) is 2.37. The van der Waals surface area contributed by atoms with Crippen molar-refractivity contribution in [3.63, 3.8) is 0 Å². The van der Waals surface area contributed by atoms with Gasteiger partial charge in [-0.15, -0.1) is 0 Å². The topological polar surface area (TPSA) is 60.5 Å². The number of hydrogen-bond acceptors (Lipinski definition) is 3. The molecule has 0 bridgehead atoms. The van der Waals surface area contributed by atoms with Crippen LogP contribution in [0, 0.1) is 22.7 Å². The largest absolute Gasteiger partial charge is 0.257 e. The van der Waals surface area contributed by atoms with E-state index in [-0.39, 0.29) is 0 Å². The van der Waals surface area contributed by atoms with E-state index in [4.69, 9.17) is 10.5 Å². The van der Waals surface area contributed by atoms with Crippen LogP contribution in [-0.2, 0) is 0 Å². The van der Waals surface area contributed by atoms with Gasteiger partial charge in [-0.1, -0.05) is 42.5 Å². The number of nitrogens with zero attached hydrogens (tertiary/aromatic N) is 3. The van der Waals surface area contributed by atoms with Gasteiger partial charge < -0.3 is 0 Å². The molecule has 0 aliphatic carbocycles. The van der Waals surface area contributed by atoms with E-state index in [9.17, 15) is 0 Å². The summed E-state index contributed by atoms with van der Waals surface area (Å²) in [5.41, 5.74) is 5.26. The third-order valence-electron chi connectivity index (χ3n) is 3.80. The molecule has 3 rings (SSSR count). The molecule has 26 heavy (non-hydrogen) atoms. The number of aromatic nitrogens is 1. The molecule has 1 aromatic heterocycles. The Balaban J connectivity index is 1.72. The van der Waals surface area contributed by atoms with E-state index in [1.807, 2.05) is 60.7 Å². The van der Waals surface area contributed by atoms with Crippen molar-refractivity contribution < 1.29 is 0 Å². The number of benzene rings is 2. The summed E-state index contributed by atoms with van der Waals surface area (Å²) in [7, 11) is 0. The lowest BCUT2D eigenvalue weighted by Gasteiger charge is -1.98. The summed E-state index contributed by atoms with van der Waals surface area (Å²) in [4.78, 5) is 4.36. The van der Waals surface area contributed by atoms with Gasteiger partial charge in [-0.05, 0) is 59.2 Å². The van der Waals surface area contributed by atoms with Crippen LogP contribution < -0.4 is 0 Å². The molecule has 122 valence electrons. The highest BCUT2D eigenvalue weighted by atomic mass is 14.7. The molecule has 0 unspecified atom stereocenters. The molecular weight excluding hydrogens is 318 g/mol. The summed E-state index contributed by atoms with van der Waals surface area (Å²) in [6.07, 6.45) is 9.71. The minimum atomic E-state index is 0.648. The summed E-state index contributed by atoms with van der Waals surface area (Å²) in [6.45, 7) is 0. The van der Waals surface area contributed by atoms with Crippen LogP contribution in [0.25, 0.3) is 24.3 Å². The normalized spacial score (nSPS) is 10.7. The Morgan fingerprint density at radius 1 is 0.615 bits per heavy atom. The molecule has 0 amide bonds. The second-order valence-corrected chi connectivity index (χ2v) is 5.65. The van der Waals surface area contributed by atoms with Crippen molar-refractivity contribution >= 4 is 24.3 Å². The first-order chi connectivity index (χ1) is 12.8. The quantitative estimate of drug-likeness (QED) is 0.662. The maximum Gasteiger partial charge on any atom is 0.0991 e. The van der Waals surface area contributed by atoms with E-state index in [0.29, 0.717) is 11.1 Å². The van der Waals surface area contributed by atoms with Crippen molar-refractivity contribution in [2.45, 2.75) is 0 Å². The van der Waals surface area contributed by atoms with Crippen molar-refractivity contribution in [1.29, 1.82) is 10.5 Å². The van der Waals surface area contributed by atoms with Gasteiger partial charge >= 0.3 is 0 Å². The molecule has 0 atom stereocenters. The fourth-order valence-corrected chi connectivity index (χ4v) is 2.37. The Morgan fingerprint density at radius 3 is 1.65 bits per heavy atom. The highest BCUT2D eigenvalue weighted by Crippen LogP contribution is 2.12. The van der Waals surface area contributed by atoms with Crippen LogP contribution in [0.4, 0.5) is 0 Å². The summed E-state index contributed by atoms with van der Waals surface area (Å²) in [5, 5.41) is 17.7. The molecule has 3 heteroatoms. The molecule has 3 nitrogen and oxygen atoms in total. The second kappa shape index (κ2) is 8.24. The Hall–Kier alpha value is -3.95. The third-order valence-corrected chi connectivity index (χ3v) is 3.80. The third kappa shape index (κ3) is 4.54. The van der Waals surface area contributed by atoms with Gasteiger partial charge in [-0.25, -0.2) is 0 Å². The lowest BCUT2D eigenvalue weighted by Crippen LogP contribution is -1.82. The van der Waals surface area contributed by atoms with Crippen LogP contribution in [0.3, 0.4) is 0 Å². The van der Waals surface area contributed by atoms with Gasteiger partial charge in [0, 0.05) is 6.20 Å². The number of nitriles is 2. The Bertz CT molecular complexity index is 946. The highest BCUT2D eigenvalue weighted by molar-refractivity contribution is 5.73. The van der Waals surface area contributed by atoms with Gasteiger partial charge in [-0.3, -0.25) is 4.98 Å². The standard InChI is InChI=1S/C23H15N3/c24-16-21-7-2-18(3-8-21)1-6-20-13-14-26-23(15-20)12-11-19-4-9-22(17-25)10-5-19/h1-15H. The van der Waals surface area contributed by atoms with Crippen molar-refractivity contribution in [2.24, 2.45) is 0 Å². The molecule has 1 heterocycles. The smallest absolute Gasteiger partial charge is 0.0991 e. The van der Waals surface area contributed by atoms with Gasteiger partial charge in [-0.2, -0.15) is 10.5 Å². The van der Waals surface area contributed by atoms with E-state index in [1.165, 1.54) is 0 Å². The van der Waals surface area contributed by atoms with Gasteiger partial charge in [0.2, 0.25) is 0 Å². The van der Waals surface area contributed by atoms with Crippen molar-refractivity contribution in [1.82, 2.24) is 4.98 Å².